The summed E-state index contributed by atoms with van der Waals surface area (Å²) < 4.78 is 11.0. The van der Waals surface area contributed by atoms with Crippen molar-refractivity contribution in [2.45, 2.75) is 45.6 Å². The number of piperidine rings is 1. The zero-order valence-corrected chi connectivity index (χ0v) is 17.8. The van der Waals surface area contributed by atoms with E-state index in [9.17, 15) is 0 Å². The van der Waals surface area contributed by atoms with Crippen LogP contribution in [0.15, 0.2) is 23.2 Å². The van der Waals surface area contributed by atoms with Crippen molar-refractivity contribution in [2.24, 2.45) is 16.1 Å². The van der Waals surface area contributed by atoms with Crippen molar-refractivity contribution in [3.05, 3.63) is 18.2 Å². The number of aliphatic imine (C=N–C) groups is 1. The van der Waals surface area contributed by atoms with Crippen LogP contribution >= 0.6 is 0 Å². The number of nitrogens with two attached hydrogens (primary N) is 1. The maximum Gasteiger partial charge on any atom is 0.231 e. The summed E-state index contributed by atoms with van der Waals surface area (Å²) in [7, 11) is 0. The molecule has 3 heterocycles. The number of hydrogen-bond donors (Lipinski definition) is 2. The number of nitrogens with zero attached hydrogens (tertiary/aromatic N) is 3. The van der Waals surface area contributed by atoms with Crippen LogP contribution in [0.1, 0.15) is 39.5 Å². The molecule has 0 radical (unpaired) electrons. The minimum Gasteiger partial charge on any atom is -0.454 e. The van der Waals surface area contributed by atoms with E-state index in [0.717, 1.165) is 42.3 Å². The van der Waals surface area contributed by atoms with Gasteiger partial charge in [-0.3, -0.25) is 4.99 Å². The third-order valence-corrected chi connectivity index (χ3v) is 6.26. The van der Waals surface area contributed by atoms with Crippen LogP contribution in [-0.4, -0.2) is 67.9 Å². The van der Waals surface area contributed by atoms with Gasteiger partial charge in [-0.1, -0.05) is 13.8 Å². The Morgan fingerprint density at radius 2 is 1.86 bits per heavy atom. The Hall–Kier alpha value is -1.99. The van der Waals surface area contributed by atoms with E-state index >= 15 is 0 Å². The molecule has 3 aliphatic heterocycles. The Bertz CT molecular complexity index is 722. The quantitative estimate of drug-likeness (QED) is 0.584. The second-order valence-corrected chi connectivity index (χ2v) is 9.16. The van der Waals surface area contributed by atoms with Gasteiger partial charge in [0.2, 0.25) is 6.79 Å². The fourth-order valence-electron chi connectivity index (χ4n) is 4.22. The summed E-state index contributed by atoms with van der Waals surface area (Å²) in [6.07, 6.45) is 5.10. The van der Waals surface area contributed by atoms with Gasteiger partial charge in [-0.2, -0.15) is 0 Å². The largest absolute Gasteiger partial charge is 0.454 e. The van der Waals surface area contributed by atoms with Gasteiger partial charge in [0.15, 0.2) is 17.5 Å². The van der Waals surface area contributed by atoms with Crippen molar-refractivity contribution >= 4 is 11.6 Å². The molecule has 1 aromatic carbocycles. The smallest absolute Gasteiger partial charge is 0.231 e. The number of hydrogen-bond acceptors (Lipinski definition) is 5. The second-order valence-electron chi connectivity index (χ2n) is 9.16. The molecule has 0 atom stereocenters. The van der Waals surface area contributed by atoms with Gasteiger partial charge in [0.25, 0.3) is 0 Å². The first-order chi connectivity index (χ1) is 14.0. The minimum absolute atomic E-state index is 0.0182. The summed E-state index contributed by atoms with van der Waals surface area (Å²) in [6.45, 7) is 10.5. The first-order valence-electron chi connectivity index (χ1n) is 10.9. The minimum atomic E-state index is -0.0182. The van der Waals surface area contributed by atoms with Gasteiger partial charge in [0.1, 0.15) is 0 Å². The highest BCUT2D eigenvalue weighted by molar-refractivity contribution is 5.94. The first kappa shape index (κ1) is 20.3. The molecule has 0 unspecified atom stereocenters. The van der Waals surface area contributed by atoms with Crippen LogP contribution in [0.2, 0.25) is 0 Å². The highest BCUT2D eigenvalue weighted by atomic mass is 16.7. The van der Waals surface area contributed by atoms with Crippen molar-refractivity contribution in [3.63, 3.8) is 0 Å². The number of guanidine groups is 1. The van der Waals surface area contributed by atoms with E-state index < -0.39 is 0 Å². The third-order valence-electron chi connectivity index (χ3n) is 6.26. The van der Waals surface area contributed by atoms with E-state index in [1.54, 1.807) is 0 Å². The molecular formula is C22H35N5O2. The van der Waals surface area contributed by atoms with Crippen LogP contribution in [0, 0.1) is 5.41 Å². The van der Waals surface area contributed by atoms with Crippen molar-refractivity contribution < 1.29 is 9.47 Å². The van der Waals surface area contributed by atoms with Crippen LogP contribution in [0.4, 0.5) is 5.69 Å². The van der Waals surface area contributed by atoms with Crippen molar-refractivity contribution in [1.82, 2.24) is 9.80 Å². The maximum atomic E-state index is 5.93. The molecule has 160 valence electrons. The number of fused-ring (bicyclic) bond motifs is 1. The number of ether oxygens (including phenoxy) is 2. The molecule has 0 aliphatic carbocycles. The molecule has 3 aliphatic rings. The summed E-state index contributed by atoms with van der Waals surface area (Å²) in [4.78, 5) is 10.0. The number of benzene rings is 1. The number of nitrogens with one attached hydrogen (secondary N) is 1. The molecular weight excluding hydrogens is 366 g/mol. The lowest BCUT2D eigenvalue weighted by atomic mass is 9.94. The molecule has 7 nitrogen and oxygen atoms in total. The molecule has 7 heteroatoms. The fourth-order valence-corrected chi connectivity index (χ4v) is 4.22. The van der Waals surface area contributed by atoms with Crippen molar-refractivity contribution in [2.75, 3.05) is 51.4 Å². The van der Waals surface area contributed by atoms with E-state index in [0.29, 0.717) is 13.1 Å². The molecule has 0 bridgehead atoms. The van der Waals surface area contributed by atoms with E-state index in [-0.39, 0.29) is 12.2 Å². The number of likely N-dealkylation sites (tertiary alicyclic amines) is 2. The lowest BCUT2D eigenvalue weighted by Crippen LogP contribution is -2.48. The SMILES string of the molecule is CC(C)(CN)CN=C(Nc1ccc2c(c1)OCO2)N1CCC(N2CCCC2)CC1. The van der Waals surface area contributed by atoms with Gasteiger partial charge in [-0.05, 0) is 62.9 Å². The average molecular weight is 402 g/mol. The monoisotopic (exact) mass is 401 g/mol. The predicted octanol–water partition coefficient (Wildman–Crippen LogP) is 2.73. The molecule has 29 heavy (non-hydrogen) atoms. The molecule has 1 aromatic rings. The van der Waals surface area contributed by atoms with Gasteiger partial charge in [-0.15, -0.1) is 0 Å². The molecule has 2 fully saturated rings. The van der Waals surface area contributed by atoms with E-state index in [4.69, 9.17) is 20.2 Å². The van der Waals surface area contributed by atoms with Crippen molar-refractivity contribution in [1.29, 1.82) is 0 Å². The lowest BCUT2D eigenvalue weighted by molar-refractivity contribution is 0.163. The molecule has 0 spiro atoms. The highest BCUT2D eigenvalue weighted by Crippen LogP contribution is 2.34. The van der Waals surface area contributed by atoms with E-state index in [2.05, 4.69) is 29.0 Å². The summed E-state index contributed by atoms with van der Waals surface area (Å²) in [5.41, 5.74) is 6.89. The Balaban J connectivity index is 1.45. The van der Waals surface area contributed by atoms with Crippen LogP contribution in [0.3, 0.4) is 0 Å². The normalized spacial score (nSPS) is 21.1. The van der Waals surface area contributed by atoms with Crippen LogP contribution in [0.5, 0.6) is 11.5 Å². The van der Waals surface area contributed by atoms with Gasteiger partial charge in [-0.25, -0.2) is 0 Å². The molecule has 4 rings (SSSR count). The molecule has 0 aromatic heterocycles. The van der Waals surface area contributed by atoms with Gasteiger partial charge >= 0.3 is 0 Å². The van der Waals surface area contributed by atoms with Gasteiger partial charge < -0.3 is 30.3 Å². The Labute approximate surface area is 174 Å². The third kappa shape index (κ3) is 4.95. The van der Waals surface area contributed by atoms with Gasteiger partial charge in [0, 0.05) is 37.4 Å². The molecule has 3 N–H and O–H groups in total. The Morgan fingerprint density at radius 3 is 2.59 bits per heavy atom. The summed E-state index contributed by atoms with van der Waals surface area (Å²) >= 11 is 0. The second kappa shape index (κ2) is 8.79. The Kier molecular flexibility index (Phi) is 6.15. The summed E-state index contributed by atoms with van der Waals surface area (Å²) in [5.74, 6) is 2.51. The van der Waals surface area contributed by atoms with Crippen LogP contribution in [-0.2, 0) is 0 Å². The predicted molar refractivity (Wildman–Crippen MR) is 117 cm³/mol. The molecule has 0 amide bonds. The Morgan fingerprint density at radius 1 is 1.14 bits per heavy atom. The molecule has 2 saturated heterocycles. The zero-order valence-electron chi connectivity index (χ0n) is 17.8. The lowest BCUT2D eigenvalue weighted by Gasteiger charge is -2.38. The highest BCUT2D eigenvalue weighted by Gasteiger charge is 2.28. The van der Waals surface area contributed by atoms with Crippen molar-refractivity contribution in [3.8, 4) is 11.5 Å². The summed E-state index contributed by atoms with van der Waals surface area (Å²) in [5, 5.41) is 3.55. The topological polar surface area (TPSA) is 75.3 Å². The maximum absolute atomic E-state index is 5.93. The van der Waals surface area contributed by atoms with Crippen LogP contribution in [0.25, 0.3) is 0 Å². The van der Waals surface area contributed by atoms with Crippen LogP contribution < -0.4 is 20.5 Å². The molecule has 0 saturated carbocycles. The first-order valence-corrected chi connectivity index (χ1v) is 10.9. The standard InChI is InChI=1S/C22H35N5O2/c1-22(2,14-23)15-24-21(25-17-5-6-19-20(13-17)29-16-28-19)27-11-7-18(8-12-27)26-9-3-4-10-26/h5-6,13,18H,3-4,7-12,14-16,23H2,1-2H3,(H,24,25). The fraction of sp³-hybridized carbons (Fsp3) is 0.682. The number of anilines is 1. The summed E-state index contributed by atoms with van der Waals surface area (Å²) in [6, 6.07) is 6.68. The number of rotatable bonds is 5. The van der Waals surface area contributed by atoms with E-state index in [1.807, 2.05) is 18.2 Å². The van der Waals surface area contributed by atoms with E-state index in [1.165, 1.54) is 38.8 Å². The average Bonchev–Trinajstić information content (AvgIpc) is 3.43. The van der Waals surface area contributed by atoms with Gasteiger partial charge in [0.05, 0.1) is 0 Å². The zero-order chi connectivity index (χ0) is 20.3.